The van der Waals surface area contributed by atoms with E-state index < -0.39 is 6.10 Å². The van der Waals surface area contributed by atoms with E-state index in [0.717, 1.165) is 24.9 Å². The lowest BCUT2D eigenvalue weighted by Gasteiger charge is -2.15. The molecule has 32 heavy (non-hydrogen) atoms. The number of aryl methyl sites for hydroxylation is 1. The van der Waals surface area contributed by atoms with Crippen molar-refractivity contribution >= 4 is 34.8 Å². The van der Waals surface area contributed by atoms with Gasteiger partial charge in [-0.1, -0.05) is 37.1 Å². The summed E-state index contributed by atoms with van der Waals surface area (Å²) < 4.78 is 5.70. The first-order valence-electron chi connectivity index (χ1n) is 10.7. The van der Waals surface area contributed by atoms with E-state index in [1.165, 1.54) is 5.56 Å². The van der Waals surface area contributed by atoms with Crippen LogP contribution in [0.4, 0.5) is 11.4 Å². The van der Waals surface area contributed by atoms with Gasteiger partial charge in [0, 0.05) is 22.0 Å². The van der Waals surface area contributed by atoms with Crippen LogP contribution in [0.25, 0.3) is 0 Å². The predicted molar refractivity (Wildman–Crippen MR) is 130 cm³/mol. The summed E-state index contributed by atoms with van der Waals surface area (Å²) in [4.78, 5) is 24.8. The molecular formula is C26H27ClN2O3. The number of anilines is 2. The first kappa shape index (κ1) is 23.4. The van der Waals surface area contributed by atoms with Gasteiger partial charge in [-0.2, -0.15) is 0 Å². The summed E-state index contributed by atoms with van der Waals surface area (Å²) in [5.74, 6) is 0.0171. The predicted octanol–water partition coefficient (Wildman–Crippen LogP) is 6.34. The van der Waals surface area contributed by atoms with Gasteiger partial charge < -0.3 is 15.4 Å². The Labute approximate surface area is 193 Å². The van der Waals surface area contributed by atoms with E-state index in [1.807, 2.05) is 24.3 Å². The number of unbranched alkanes of at least 4 members (excludes halogenated alkanes) is 1. The number of ether oxygens (including phenoxy) is 1. The van der Waals surface area contributed by atoms with Crippen molar-refractivity contribution in [1.82, 2.24) is 0 Å². The molecule has 3 rings (SSSR count). The van der Waals surface area contributed by atoms with Gasteiger partial charge in [-0.25, -0.2) is 0 Å². The van der Waals surface area contributed by atoms with E-state index in [1.54, 1.807) is 55.5 Å². The zero-order valence-corrected chi connectivity index (χ0v) is 19.0. The van der Waals surface area contributed by atoms with Crippen molar-refractivity contribution in [3.05, 3.63) is 88.9 Å². The highest BCUT2D eigenvalue weighted by atomic mass is 35.5. The third-order valence-corrected chi connectivity index (χ3v) is 5.19. The Morgan fingerprint density at radius 1 is 0.875 bits per heavy atom. The van der Waals surface area contributed by atoms with Crippen LogP contribution in [0.5, 0.6) is 5.75 Å². The van der Waals surface area contributed by atoms with Crippen LogP contribution >= 0.6 is 11.6 Å². The number of halogens is 1. The molecule has 0 bridgehead atoms. The molecule has 166 valence electrons. The summed E-state index contributed by atoms with van der Waals surface area (Å²) in [5.41, 5.74) is 3.16. The molecule has 3 aromatic carbocycles. The SMILES string of the molecule is CCCCc1ccc(NC(=O)c2ccc(OC(C)C(=O)Nc3ccc(Cl)cc3)cc2)cc1. The lowest BCUT2D eigenvalue weighted by atomic mass is 10.1. The number of benzene rings is 3. The second kappa shape index (κ2) is 11.3. The summed E-state index contributed by atoms with van der Waals surface area (Å²) in [7, 11) is 0. The maximum absolute atomic E-state index is 12.5. The van der Waals surface area contributed by atoms with Crippen LogP contribution in [0.1, 0.15) is 42.6 Å². The smallest absolute Gasteiger partial charge is 0.265 e. The minimum Gasteiger partial charge on any atom is -0.481 e. The molecule has 0 aliphatic carbocycles. The van der Waals surface area contributed by atoms with Crippen LogP contribution in [0.15, 0.2) is 72.8 Å². The van der Waals surface area contributed by atoms with Gasteiger partial charge in [-0.05, 0) is 86.0 Å². The van der Waals surface area contributed by atoms with Gasteiger partial charge >= 0.3 is 0 Å². The maximum atomic E-state index is 12.5. The van der Waals surface area contributed by atoms with E-state index in [9.17, 15) is 9.59 Å². The molecule has 0 saturated carbocycles. The summed E-state index contributed by atoms with van der Waals surface area (Å²) >= 11 is 5.86. The van der Waals surface area contributed by atoms with Gasteiger partial charge in [0.1, 0.15) is 5.75 Å². The normalized spacial score (nSPS) is 11.5. The van der Waals surface area contributed by atoms with Crippen molar-refractivity contribution in [2.75, 3.05) is 10.6 Å². The quantitative estimate of drug-likeness (QED) is 0.399. The molecule has 1 atom stereocenters. The van der Waals surface area contributed by atoms with Crippen molar-refractivity contribution < 1.29 is 14.3 Å². The Morgan fingerprint density at radius 3 is 2.09 bits per heavy atom. The summed E-state index contributed by atoms with van der Waals surface area (Å²) in [6.45, 7) is 3.83. The van der Waals surface area contributed by atoms with Gasteiger partial charge in [0.25, 0.3) is 11.8 Å². The Morgan fingerprint density at radius 2 is 1.47 bits per heavy atom. The summed E-state index contributed by atoms with van der Waals surface area (Å²) in [5, 5.41) is 6.27. The Hall–Kier alpha value is -3.31. The van der Waals surface area contributed by atoms with E-state index in [2.05, 4.69) is 17.6 Å². The number of carbonyl (C=O) groups excluding carboxylic acids is 2. The van der Waals surface area contributed by atoms with Crippen molar-refractivity contribution in [2.45, 2.75) is 39.2 Å². The average Bonchev–Trinajstić information content (AvgIpc) is 2.80. The van der Waals surface area contributed by atoms with Crippen LogP contribution in [-0.4, -0.2) is 17.9 Å². The highest BCUT2D eigenvalue weighted by molar-refractivity contribution is 6.30. The van der Waals surface area contributed by atoms with Gasteiger partial charge in [0.05, 0.1) is 0 Å². The largest absolute Gasteiger partial charge is 0.481 e. The van der Waals surface area contributed by atoms with Gasteiger partial charge in [-0.15, -0.1) is 0 Å². The average molecular weight is 451 g/mol. The molecule has 0 radical (unpaired) electrons. The molecular weight excluding hydrogens is 424 g/mol. The van der Waals surface area contributed by atoms with Crippen molar-refractivity contribution in [3.63, 3.8) is 0 Å². The van der Waals surface area contributed by atoms with Crippen molar-refractivity contribution in [3.8, 4) is 5.75 Å². The standard InChI is InChI=1S/C26H27ClN2O3/c1-3-4-5-19-6-12-22(13-7-19)29-26(31)20-8-16-24(17-9-20)32-18(2)25(30)28-23-14-10-21(27)11-15-23/h6-18H,3-5H2,1-2H3,(H,28,30)(H,29,31). The third kappa shape index (κ3) is 6.86. The zero-order valence-electron chi connectivity index (χ0n) is 18.2. The fourth-order valence-corrected chi connectivity index (χ4v) is 3.18. The molecule has 2 amide bonds. The molecule has 0 aliphatic rings. The number of carbonyl (C=O) groups is 2. The third-order valence-electron chi connectivity index (χ3n) is 4.94. The van der Waals surface area contributed by atoms with Crippen molar-refractivity contribution in [1.29, 1.82) is 0 Å². The fraction of sp³-hybridized carbons (Fsp3) is 0.231. The zero-order chi connectivity index (χ0) is 22.9. The minimum atomic E-state index is -0.712. The molecule has 3 aromatic rings. The molecule has 0 spiro atoms. The summed E-state index contributed by atoms with van der Waals surface area (Å²) in [6, 6.07) is 21.5. The van der Waals surface area contributed by atoms with Gasteiger partial charge in [0.15, 0.2) is 6.10 Å². The molecule has 1 unspecified atom stereocenters. The number of hydrogen-bond acceptors (Lipinski definition) is 3. The highest BCUT2D eigenvalue weighted by Crippen LogP contribution is 2.18. The van der Waals surface area contributed by atoms with Crippen LogP contribution in [0.2, 0.25) is 5.02 Å². The summed E-state index contributed by atoms with van der Waals surface area (Å²) in [6.07, 6.45) is 2.64. The molecule has 0 aliphatic heterocycles. The topological polar surface area (TPSA) is 67.4 Å². The Bertz CT molecular complexity index is 1030. The molecule has 5 nitrogen and oxygen atoms in total. The number of nitrogens with one attached hydrogen (secondary N) is 2. The highest BCUT2D eigenvalue weighted by Gasteiger charge is 2.15. The number of rotatable bonds is 9. The monoisotopic (exact) mass is 450 g/mol. The van der Waals surface area contributed by atoms with E-state index in [0.29, 0.717) is 22.0 Å². The molecule has 6 heteroatoms. The fourth-order valence-electron chi connectivity index (χ4n) is 3.06. The first-order chi connectivity index (χ1) is 15.4. The van der Waals surface area contributed by atoms with Crippen molar-refractivity contribution in [2.24, 2.45) is 0 Å². The maximum Gasteiger partial charge on any atom is 0.265 e. The first-order valence-corrected chi connectivity index (χ1v) is 11.1. The second-order valence-corrected chi connectivity index (χ2v) is 7.97. The second-order valence-electron chi connectivity index (χ2n) is 7.54. The molecule has 2 N–H and O–H groups in total. The van der Waals surface area contributed by atoms with Gasteiger partial charge in [0.2, 0.25) is 0 Å². The Kier molecular flexibility index (Phi) is 8.28. The van der Waals surface area contributed by atoms with Crippen LogP contribution in [0, 0.1) is 0 Å². The lowest BCUT2D eigenvalue weighted by molar-refractivity contribution is -0.122. The molecule has 0 aromatic heterocycles. The molecule has 0 heterocycles. The van der Waals surface area contributed by atoms with Crippen LogP contribution < -0.4 is 15.4 Å². The van der Waals surface area contributed by atoms with E-state index in [4.69, 9.17) is 16.3 Å². The van der Waals surface area contributed by atoms with Crippen LogP contribution in [0.3, 0.4) is 0 Å². The van der Waals surface area contributed by atoms with Crippen LogP contribution in [-0.2, 0) is 11.2 Å². The lowest BCUT2D eigenvalue weighted by Crippen LogP contribution is -2.30. The number of amides is 2. The van der Waals surface area contributed by atoms with Gasteiger partial charge in [-0.3, -0.25) is 9.59 Å². The van der Waals surface area contributed by atoms with E-state index >= 15 is 0 Å². The molecule has 0 fully saturated rings. The Balaban J connectivity index is 1.52. The van der Waals surface area contributed by atoms with E-state index in [-0.39, 0.29) is 11.8 Å². The number of hydrogen-bond donors (Lipinski definition) is 2. The molecule has 0 saturated heterocycles. The minimum absolute atomic E-state index is 0.202.